The molecule has 0 aliphatic carbocycles. The zero-order valence-electron chi connectivity index (χ0n) is 13.1. The SMILES string of the molecule is O=C(O)c1cc(Nc2ccccc2)c2c(=O)c3ccccc3[nH]c2c1. The summed E-state index contributed by atoms with van der Waals surface area (Å²) in [5, 5.41) is 13.6. The van der Waals surface area contributed by atoms with E-state index in [1.807, 2.05) is 36.4 Å². The molecular formula is C20H14N2O3. The Hall–Kier alpha value is -3.60. The number of pyridine rings is 1. The fraction of sp³-hybridized carbons (Fsp3) is 0. The van der Waals surface area contributed by atoms with E-state index in [1.54, 1.807) is 18.2 Å². The van der Waals surface area contributed by atoms with E-state index in [9.17, 15) is 14.7 Å². The molecule has 5 nitrogen and oxygen atoms in total. The van der Waals surface area contributed by atoms with Gasteiger partial charge < -0.3 is 15.4 Å². The monoisotopic (exact) mass is 330 g/mol. The number of hydrogen-bond acceptors (Lipinski definition) is 3. The number of carboxylic acids is 1. The molecule has 4 aromatic rings. The minimum absolute atomic E-state index is 0.108. The average Bonchev–Trinajstić information content (AvgIpc) is 2.62. The average molecular weight is 330 g/mol. The highest BCUT2D eigenvalue weighted by atomic mass is 16.4. The molecule has 0 bridgehead atoms. The van der Waals surface area contributed by atoms with E-state index in [-0.39, 0.29) is 11.0 Å². The van der Waals surface area contributed by atoms with Gasteiger partial charge in [-0.3, -0.25) is 4.79 Å². The summed E-state index contributed by atoms with van der Waals surface area (Å²) >= 11 is 0. The molecule has 3 aromatic carbocycles. The molecule has 0 saturated carbocycles. The third kappa shape index (κ3) is 2.61. The number of aromatic carboxylic acids is 1. The van der Waals surface area contributed by atoms with Gasteiger partial charge in [-0.15, -0.1) is 0 Å². The standard InChI is InChI=1S/C20H14N2O3/c23-19-14-8-4-5-9-15(14)22-17-11-12(20(24)25)10-16(18(17)19)21-13-6-2-1-3-7-13/h1-11,21H,(H,22,23)(H,24,25). The van der Waals surface area contributed by atoms with Gasteiger partial charge in [0.25, 0.3) is 0 Å². The molecule has 0 spiro atoms. The number of hydrogen-bond donors (Lipinski definition) is 3. The predicted molar refractivity (Wildman–Crippen MR) is 98.8 cm³/mol. The van der Waals surface area contributed by atoms with E-state index >= 15 is 0 Å². The Labute approximate surface area is 142 Å². The quantitative estimate of drug-likeness (QED) is 0.493. The first-order valence-corrected chi connectivity index (χ1v) is 7.77. The van der Waals surface area contributed by atoms with Crippen LogP contribution in [0.25, 0.3) is 21.8 Å². The lowest BCUT2D eigenvalue weighted by atomic mass is 10.0. The number of nitrogens with one attached hydrogen (secondary N) is 2. The molecule has 0 fully saturated rings. The van der Waals surface area contributed by atoms with Crippen molar-refractivity contribution in [2.45, 2.75) is 0 Å². The lowest BCUT2D eigenvalue weighted by molar-refractivity contribution is 0.0697. The van der Waals surface area contributed by atoms with Crippen molar-refractivity contribution in [2.24, 2.45) is 0 Å². The van der Waals surface area contributed by atoms with Crippen LogP contribution in [0, 0.1) is 0 Å². The predicted octanol–water partition coefficient (Wildman–Crippen LogP) is 4.12. The number of aromatic nitrogens is 1. The first-order valence-electron chi connectivity index (χ1n) is 7.77. The van der Waals surface area contributed by atoms with Crippen molar-refractivity contribution in [3.63, 3.8) is 0 Å². The molecule has 1 heterocycles. The van der Waals surface area contributed by atoms with Crippen LogP contribution in [0.5, 0.6) is 0 Å². The summed E-state index contributed by atoms with van der Waals surface area (Å²) in [7, 11) is 0. The first kappa shape index (κ1) is 15.0. The van der Waals surface area contributed by atoms with Crippen LogP contribution in [0.2, 0.25) is 0 Å². The molecule has 25 heavy (non-hydrogen) atoms. The van der Waals surface area contributed by atoms with Gasteiger partial charge in [-0.25, -0.2) is 4.79 Å². The highest BCUT2D eigenvalue weighted by molar-refractivity contribution is 6.04. The zero-order chi connectivity index (χ0) is 17.4. The number of anilines is 2. The van der Waals surface area contributed by atoms with Gasteiger partial charge >= 0.3 is 5.97 Å². The first-order chi connectivity index (χ1) is 12.1. The highest BCUT2D eigenvalue weighted by Gasteiger charge is 2.14. The van der Waals surface area contributed by atoms with E-state index in [0.29, 0.717) is 27.5 Å². The normalized spacial score (nSPS) is 10.9. The molecule has 0 amide bonds. The minimum Gasteiger partial charge on any atom is -0.478 e. The molecule has 4 rings (SSSR count). The van der Waals surface area contributed by atoms with Crippen LogP contribution in [-0.2, 0) is 0 Å². The number of rotatable bonds is 3. The number of carbonyl (C=O) groups is 1. The molecular weight excluding hydrogens is 316 g/mol. The van der Waals surface area contributed by atoms with Crippen molar-refractivity contribution in [1.29, 1.82) is 0 Å². The summed E-state index contributed by atoms with van der Waals surface area (Å²) in [6.07, 6.45) is 0. The van der Waals surface area contributed by atoms with Crippen molar-refractivity contribution in [1.82, 2.24) is 4.98 Å². The number of para-hydroxylation sites is 2. The van der Waals surface area contributed by atoms with Crippen molar-refractivity contribution >= 4 is 39.1 Å². The van der Waals surface area contributed by atoms with Gasteiger partial charge in [-0.05, 0) is 36.4 Å². The van der Waals surface area contributed by atoms with E-state index in [4.69, 9.17) is 0 Å². The van der Waals surface area contributed by atoms with Crippen LogP contribution < -0.4 is 10.7 Å². The fourth-order valence-electron chi connectivity index (χ4n) is 2.95. The molecule has 0 aliphatic heterocycles. The Kier molecular flexibility index (Phi) is 3.47. The number of fused-ring (bicyclic) bond motifs is 2. The van der Waals surface area contributed by atoms with Crippen LogP contribution in [-0.4, -0.2) is 16.1 Å². The third-order valence-electron chi connectivity index (χ3n) is 4.11. The van der Waals surface area contributed by atoms with Gasteiger partial charge in [0, 0.05) is 16.6 Å². The van der Waals surface area contributed by atoms with Crippen molar-refractivity contribution in [3.8, 4) is 0 Å². The van der Waals surface area contributed by atoms with E-state index in [1.165, 1.54) is 12.1 Å². The maximum Gasteiger partial charge on any atom is 0.335 e. The minimum atomic E-state index is -1.05. The maximum atomic E-state index is 13.0. The molecule has 1 aromatic heterocycles. The Morgan fingerprint density at radius 3 is 2.40 bits per heavy atom. The largest absolute Gasteiger partial charge is 0.478 e. The fourth-order valence-corrected chi connectivity index (χ4v) is 2.95. The Balaban J connectivity index is 2.06. The van der Waals surface area contributed by atoms with E-state index < -0.39 is 5.97 Å². The Morgan fingerprint density at radius 1 is 0.920 bits per heavy atom. The number of aromatic amines is 1. The lowest BCUT2D eigenvalue weighted by Gasteiger charge is -2.12. The highest BCUT2D eigenvalue weighted by Crippen LogP contribution is 2.27. The maximum absolute atomic E-state index is 13.0. The summed E-state index contributed by atoms with van der Waals surface area (Å²) in [5.74, 6) is -1.05. The second-order valence-electron chi connectivity index (χ2n) is 5.74. The Morgan fingerprint density at radius 2 is 1.64 bits per heavy atom. The number of H-pyrrole nitrogens is 1. The van der Waals surface area contributed by atoms with Crippen LogP contribution in [0.15, 0.2) is 71.5 Å². The zero-order valence-corrected chi connectivity index (χ0v) is 13.1. The van der Waals surface area contributed by atoms with E-state index in [0.717, 1.165) is 5.69 Å². The number of carboxylic acid groups (broad SMARTS) is 1. The van der Waals surface area contributed by atoms with Crippen LogP contribution >= 0.6 is 0 Å². The van der Waals surface area contributed by atoms with Crippen molar-refractivity contribution < 1.29 is 9.90 Å². The summed E-state index contributed by atoms with van der Waals surface area (Å²) in [6.45, 7) is 0. The van der Waals surface area contributed by atoms with Gasteiger partial charge in [-0.2, -0.15) is 0 Å². The summed E-state index contributed by atoms with van der Waals surface area (Å²) in [4.78, 5) is 27.6. The van der Waals surface area contributed by atoms with Crippen molar-refractivity contribution in [2.75, 3.05) is 5.32 Å². The van der Waals surface area contributed by atoms with Gasteiger partial charge in [0.15, 0.2) is 5.43 Å². The molecule has 122 valence electrons. The van der Waals surface area contributed by atoms with Gasteiger partial charge in [-0.1, -0.05) is 30.3 Å². The second kappa shape index (κ2) is 5.79. The van der Waals surface area contributed by atoms with Gasteiger partial charge in [0.1, 0.15) is 0 Å². The third-order valence-corrected chi connectivity index (χ3v) is 4.11. The van der Waals surface area contributed by atoms with Gasteiger partial charge in [0.2, 0.25) is 0 Å². The van der Waals surface area contributed by atoms with E-state index in [2.05, 4.69) is 10.3 Å². The van der Waals surface area contributed by atoms with Crippen molar-refractivity contribution in [3.05, 3.63) is 82.5 Å². The summed E-state index contributed by atoms with van der Waals surface area (Å²) in [5.41, 5.74) is 2.37. The smallest absolute Gasteiger partial charge is 0.335 e. The number of benzene rings is 3. The van der Waals surface area contributed by atoms with Gasteiger partial charge in [0.05, 0.1) is 22.2 Å². The molecule has 0 radical (unpaired) electrons. The molecule has 0 atom stereocenters. The van der Waals surface area contributed by atoms with Crippen LogP contribution in [0.3, 0.4) is 0 Å². The van der Waals surface area contributed by atoms with Crippen LogP contribution in [0.1, 0.15) is 10.4 Å². The molecule has 0 saturated heterocycles. The topological polar surface area (TPSA) is 82.2 Å². The molecule has 0 unspecified atom stereocenters. The lowest BCUT2D eigenvalue weighted by Crippen LogP contribution is -2.09. The molecule has 0 aliphatic rings. The molecule has 5 heteroatoms. The Bertz CT molecular complexity index is 1160. The van der Waals surface area contributed by atoms with Crippen LogP contribution in [0.4, 0.5) is 11.4 Å². The second-order valence-corrected chi connectivity index (χ2v) is 5.74. The summed E-state index contributed by atoms with van der Waals surface area (Å²) in [6, 6.07) is 19.5. The molecule has 3 N–H and O–H groups in total. The summed E-state index contributed by atoms with van der Waals surface area (Å²) < 4.78 is 0.